The molecule has 1 aromatic heterocycles. The largest absolute Gasteiger partial charge is 0.506 e. The van der Waals surface area contributed by atoms with Crippen molar-refractivity contribution >= 4 is 6.09 Å². The maximum Gasteiger partial charge on any atom is 0.410 e. The molecule has 0 aromatic carbocycles. The molecular formula is C14H20N2O4. The number of hydrogen-bond acceptors (Lipinski definition) is 5. The van der Waals surface area contributed by atoms with Crippen LogP contribution in [0.4, 0.5) is 4.79 Å². The van der Waals surface area contributed by atoms with Crippen LogP contribution in [0.15, 0.2) is 18.3 Å². The van der Waals surface area contributed by atoms with E-state index in [4.69, 9.17) is 14.6 Å². The normalized spacial score (nSPS) is 18.9. The Bertz CT molecular complexity index is 467. The topological polar surface area (TPSA) is 71.9 Å². The highest BCUT2D eigenvalue weighted by Crippen LogP contribution is 2.20. The van der Waals surface area contributed by atoms with Crippen molar-refractivity contribution in [2.75, 3.05) is 13.1 Å². The minimum absolute atomic E-state index is 0.0964. The number of carbonyl (C=O) groups is 1. The van der Waals surface area contributed by atoms with Crippen LogP contribution in [0.25, 0.3) is 0 Å². The Labute approximate surface area is 118 Å². The van der Waals surface area contributed by atoms with Crippen molar-refractivity contribution in [2.45, 2.75) is 38.9 Å². The second kappa shape index (κ2) is 5.56. The number of carbonyl (C=O) groups excluding carboxylic acids is 1. The van der Waals surface area contributed by atoms with Crippen LogP contribution in [0, 0.1) is 0 Å². The third-order valence-electron chi connectivity index (χ3n) is 2.80. The monoisotopic (exact) mass is 280 g/mol. The molecule has 0 bridgehead atoms. The lowest BCUT2D eigenvalue weighted by Crippen LogP contribution is -2.36. The molecule has 6 heteroatoms. The number of ether oxygens (including phenoxy) is 2. The maximum absolute atomic E-state index is 11.9. The molecule has 20 heavy (non-hydrogen) atoms. The minimum atomic E-state index is -0.492. The van der Waals surface area contributed by atoms with Gasteiger partial charge in [0.2, 0.25) is 5.88 Å². The van der Waals surface area contributed by atoms with E-state index in [0.717, 1.165) is 6.42 Å². The van der Waals surface area contributed by atoms with Gasteiger partial charge in [-0.1, -0.05) is 0 Å². The van der Waals surface area contributed by atoms with Gasteiger partial charge in [0.25, 0.3) is 0 Å². The summed E-state index contributed by atoms with van der Waals surface area (Å²) in [7, 11) is 0. The van der Waals surface area contributed by atoms with E-state index >= 15 is 0 Å². The van der Waals surface area contributed by atoms with E-state index in [1.165, 1.54) is 12.3 Å². The average molecular weight is 280 g/mol. The van der Waals surface area contributed by atoms with Crippen LogP contribution in [-0.4, -0.2) is 45.9 Å². The molecule has 1 amide bonds. The van der Waals surface area contributed by atoms with Crippen LogP contribution >= 0.6 is 0 Å². The molecule has 1 atom stereocenters. The maximum atomic E-state index is 11.9. The highest BCUT2D eigenvalue weighted by atomic mass is 16.6. The van der Waals surface area contributed by atoms with E-state index in [1.807, 2.05) is 20.8 Å². The molecule has 1 fully saturated rings. The summed E-state index contributed by atoms with van der Waals surface area (Å²) in [5, 5.41) is 9.15. The van der Waals surface area contributed by atoms with Gasteiger partial charge < -0.3 is 19.5 Å². The van der Waals surface area contributed by atoms with Crippen molar-refractivity contribution in [1.82, 2.24) is 9.88 Å². The molecule has 0 saturated carbocycles. The number of hydrogen-bond donors (Lipinski definition) is 1. The second-order valence-corrected chi connectivity index (χ2v) is 5.81. The summed E-state index contributed by atoms with van der Waals surface area (Å²) in [5.74, 6) is 0.540. The summed E-state index contributed by atoms with van der Waals surface area (Å²) in [6.45, 7) is 6.62. The molecule has 0 aliphatic carbocycles. The lowest BCUT2D eigenvalue weighted by molar-refractivity contribution is 0.0275. The predicted molar refractivity (Wildman–Crippen MR) is 72.7 cm³/mol. The number of amides is 1. The Morgan fingerprint density at radius 3 is 2.80 bits per heavy atom. The fourth-order valence-electron chi connectivity index (χ4n) is 1.93. The first-order chi connectivity index (χ1) is 9.33. The van der Waals surface area contributed by atoms with Gasteiger partial charge in [0.1, 0.15) is 17.5 Å². The van der Waals surface area contributed by atoms with Crippen molar-refractivity contribution in [2.24, 2.45) is 0 Å². The Hall–Kier alpha value is -1.98. The Morgan fingerprint density at radius 2 is 2.20 bits per heavy atom. The molecule has 1 aliphatic heterocycles. The minimum Gasteiger partial charge on any atom is -0.506 e. The molecule has 1 N–H and O–H groups in total. The van der Waals surface area contributed by atoms with Gasteiger partial charge in [-0.15, -0.1) is 0 Å². The smallest absolute Gasteiger partial charge is 0.410 e. The van der Waals surface area contributed by atoms with Crippen molar-refractivity contribution in [1.29, 1.82) is 0 Å². The van der Waals surface area contributed by atoms with Crippen molar-refractivity contribution in [3.05, 3.63) is 18.3 Å². The van der Waals surface area contributed by atoms with Crippen LogP contribution < -0.4 is 4.74 Å². The molecule has 110 valence electrons. The van der Waals surface area contributed by atoms with E-state index in [9.17, 15) is 4.79 Å². The zero-order valence-electron chi connectivity index (χ0n) is 12.0. The van der Waals surface area contributed by atoms with E-state index in [0.29, 0.717) is 19.0 Å². The third-order valence-corrected chi connectivity index (χ3v) is 2.80. The molecule has 2 heterocycles. The molecule has 0 spiro atoms. The van der Waals surface area contributed by atoms with E-state index < -0.39 is 5.60 Å². The molecule has 1 aromatic rings. The molecule has 6 nitrogen and oxygen atoms in total. The summed E-state index contributed by atoms with van der Waals surface area (Å²) in [6, 6.07) is 3.12. The average Bonchev–Trinajstić information content (AvgIpc) is 2.79. The Morgan fingerprint density at radius 1 is 1.45 bits per heavy atom. The van der Waals surface area contributed by atoms with Crippen molar-refractivity contribution in [3.8, 4) is 11.6 Å². The molecule has 2 rings (SSSR count). The van der Waals surface area contributed by atoms with Gasteiger partial charge in [-0.05, 0) is 26.8 Å². The van der Waals surface area contributed by atoms with Gasteiger partial charge in [0.15, 0.2) is 0 Å². The van der Waals surface area contributed by atoms with Crippen LogP contribution in [0.1, 0.15) is 27.2 Å². The van der Waals surface area contributed by atoms with Crippen molar-refractivity contribution in [3.63, 3.8) is 0 Å². The zero-order valence-corrected chi connectivity index (χ0v) is 12.0. The number of likely N-dealkylation sites (tertiary alicyclic amines) is 1. The van der Waals surface area contributed by atoms with Gasteiger partial charge in [-0.25, -0.2) is 9.78 Å². The first kappa shape index (κ1) is 14.4. The predicted octanol–water partition coefficient (Wildman–Crippen LogP) is 2.18. The van der Waals surface area contributed by atoms with Crippen LogP contribution in [-0.2, 0) is 4.74 Å². The third kappa shape index (κ3) is 4.01. The SMILES string of the molecule is CC(C)(C)OC(=O)N1CC[C@H](Oc2ccc(O)cn2)C1. The summed E-state index contributed by atoms with van der Waals surface area (Å²) in [6.07, 6.45) is 1.65. The van der Waals surface area contributed by atoms with E-state index in [2.05, 4.69) is 4.98 Å². The number of aromatic nitrogens is 1. The zero-order chi connectivity index (χ0) is 14.8. The number of pyridine rings is 1. The highest BCUT2D eigenvalue weighted by molar-refractivity contribution is 5.68. The fraction of sp³-hybridized carbons (Fsp3) is 0.571. The van der Waals surface area contributed by atoms with Crippen LogP contribution in [0.3, 0.4) is 0 Å². The molecule has 0 unspecified atom stereocenters. The van der Waals surface area contributed by atoms with Crippen molar-refractivity contribution < 1.29 is 19.4 Å². The number of rotatable bonds is 2. The summed E-state index contributed by atoms with van der Waals surface area (Å²) < 4.78 is 11.0. The fourth-order valence-corrected chi connectivity index (χ4v) is 1.93. The first-order valence-electron chi connectivity index (χ1n) is 6.63. The number of nitrogens with zero attached hydrogens (tertiary/aromatic N) is 2. The lowest BCUT2D eigenvalue weighted by Gasteiger charge is -2.24. The van der Waals surface area contributed by atoms with Gasteiger partial charge in [0, 0.05) is 19.0 Å². The Kier molecular flexibility index (Phi) is 4.01. The lowest BCUT2D eigenvalue weighted by atomic mass is 10.2. The molecule has 0 radical (unpaired) electrons. The van der Waals surface area contributed by atoms with Gasteiger partial charge in [-0.2, -0.15) is 0 Å². The van der Waals surface area contributed by atoms with Crippen LogP contribution in [0.5, 0.6) is 11.6 Å². The second-order valence-electron chi connectivity index (χ2n) is 5.81. The van der Waals surface area contributed by atoms with Gasteiger partial charge in [0.05, 0.1) is 12.7 Å². The summed E-state index contributed by atoms with van der Waals surface area (Å²) in [4.78, 5) is 17.5. The number of aromatic hydroxyl groups is 1. The van der Waals surface area contributed by atoms with Crippen LogP contribution in [0.2, 0.25) is 0 Å². The van der Waals surface area contributed by atoms with E-state index in [1.54, 1.807) is 11.0 Å². The molecule has 1 saturated heterocycles. The summed E-state index contributed by atoms with van der Waals surface area (Å²) in [5.41, 5.74) is -0.492. The standard InChI is InChI=1S/C14H20N2O4/c1-14(2,3)20-13(18)16-7-6-11(9-16)19-12-5-4-10(17)8-15-12/h4-5,8,11,17H,6-7,9H2,1-3H3/t11-/m0/s1. The Balaban J connectivity index is 1.86. The highest BCUT2D eigenvalue weighted by Gasteiger charge is 2.30. The quantitative estimate of drug-likeness (QED) is 0.899. The van der Waals surface area contributed by atoms with Gasteiger partial charge in [-0.3, -0.25) is 0 Å². The van der Waals surface area contributed by atoms with Gasteiger partial charge >= 0.3 is 6.09 Å². The molecular weight excluding hydrogens is 260 g/mol. The first-order valence-corrected chi connectivity index (χ1v) is 6.63. The molecule has 1 aliphatic rings. The summed E-state index contributed by atoms with van der Waals surface area (Å²) >= 11 is 0. The van der Waals surface area contributed by atoms with E-state index in [-0.39, 0.29) is 17.9 Å².